The molecule has 0 saturated heterocycles. The Bertz CT molecular complexity index is 2920. The third-order valence-electron chi connectivity index (χ3n) is 10.9. The minimum Gasteiger partial charge on any atom is -0.456 e. The van der Waals surface area contributed by atoms with Crippen molar-refractivity contribution < 1.29 is 4.42 Å². The van der Waals surface area contributed by atoms with E-state index in [-0.39, 0.29) is 5.41 Å². The van der Waals surface area contributed by atoms with Crippen molar-refractivity contribution in [2.75, 3.05) is 0 Å². The van der Waals surface area contributed by atoms with Crippen LogP contribution in [0.3, 0.4) is 0 Å². The van der Waals surface area contributed by atoms with Gasteiger partial charge in [-0.05, 0) is 78.8 Å². The number of para-hydroxylation sites is 1. The van der Waals surface area contributed by atoms with E-state index in [0.717, 1.165) is 27.6 Å². The van der Waals surface area contributed by atoms with Gasteiger partial charge in [-0.25, -0.2) is 0 Å². The molecule has 0 aliphatic heterocycles. The van der Waals surface area contributed by atoms with Gasteiger partial charge < -0.3 is 8.98 Å². The predicted molar refractivity (Wildman–Crippen MR) is 197 cm³/mol. The Labute approximate surface area is 271 Å². The van der Waals surface area contributed by atoms with Gasteiger partial charge in [0.25, 0.3) is 0 Å². The lowest BCUT2D eigenvalue weighted by atomic mass is 9.81. The van der Waals surface area contributed by atoms with Gasteiger partial charge in [-0.3, -0.25) is 0 Å². The number of aromatic nitrogens is 1. The van der Waals surface area contributed by atoms with Crippen LogP contribution >= 0.6 is 0 Å². The summed E-state index contributed by atoms with van der Waals surface area (Å²) in [6, 6.07) is 51.4. The second-order valence-electron chi connectivity index (χ2n) is 13.7. The predicted octanol–water partition coefficient (Wildman–Crippen LogP) is 12.4. The van der Waals surface area contributed by atoms with Crippen LogP contribution in [-0.4, -0.2) is 4.57 Å². The zero-order valence-corrected chi connectivity index (χ0v) is 26.1. The molecule has 0 fully saturated rings. The van der Waals surface area contributed by atoms with Gasteiger partial charge in [-0.15, -0.1) is 0 Å². The smallest absolute Gasteiger partial charge is 0.137 e. The lowest BCUT2D eigenvalue weighted by Gasteiger charge is -2.21. The highest BCUT2D eigenvalue weighted by Gasteiger charge is 2.40. The molecule has 2 heterocycles. The van der Waals surface area contributed by atoms with E-state index >= 15 is 0 Å². The standard InChI is InChI=1S/C45H29NO/c1-45(2)35-13-5-3-11-32(35)44-43(45)33-24-21-29(30-22-19-28-18-17-26-9-7-10-27-20-23-31(30)41(28)40(26)27)25-37(33)46(44)36-14-8-16-39-42(36)34-12-4-6-15-38(34)47-39/h3-25H,1-2H3. The molecular weight excluding hydrogens is 571 g/mol. The summed E-state index contributed by atoms with van der Waals surface area (Å²) in [5.74, 6) is 0. The Morgan fingerprint density at radius 3 is 2.11 bits per heavy atom. The average Bonchev–Trinajstić information content (AvgIpc) is 3.73. The van der Waals surface area contributed by atoms with Crippen molar-refractivity contribution >= 4 is 65.2 Å². The monoisotopic (exact) mass is 599 g/mol. The van der Waals surface area contributed by atoms with E-state index < -0.39 is 0 Å². The summed E-state index contributed by atoms with van der Waals surface area (Å²) < 4.78 is 8.95. The van der Waals surface area contributed by atoms with E-state index in [1.165, 1.54) is 76.7 Å². The molecule has 47 heavy (non-hydrogen) atoms. The van der Waals surface area contributed by atoms with Crippen molar-refractivity contribution in [2.24, 2.45) is 0 Å². The fourth-order valence-electron chi connectivity index (χ4n) is 8.89. The number of benzene rings is 8. The maximum Gasteiger partial charge on any atom is 0.137 e. The summed E-state index contributed by atoms with van der Waals surface area (Å²) in [6.45, 7) is 4.76. The van der Waals surface area contributed by atoms with Crippen LogP contribution in [0, 0.1) is 0 Å². The van der Waals surface area contributed by atoms with Crippen molar-refractivity contribution in [2.45, 2.75) is 19.3 Å². The minimum absolute atomic E-state index is 0.143. The maximum absolute atomic E-state index is 6.42. The summed E-state index contributed by atoms with van der Waals surface area (Å²) in [6.07, 6.45) is 0. The number of hydrogen-bond donors (Lipinski definition) is 0. The van der Waals surface area contributed by atoms with Crippen molar-refractivity contribution in [3.63, 3.8) is 0 Å². The first-order chi connectivity index (χ1) is 23.1. The molecule has 0 radical (unpaired) electrons. The largest absolute Gasteiger partial charge is 0.456 e. The molecule has 1 aliphatic rings. The van der Waals surface area contributed by atoms with Gasteiger partial charge in [-0.1, -0.05) is 129 Å². The summed E-state index contributed by atoms with van der Waals surface area (Å²) in [5.41, 5.74) is 11.9. The van der Waals surface area contributed by atoms with Gasteiger partial charge >= 0.3 is 0 Å². The number of furan rings is 1. The Morgan fingerprint density at radius 2 is 1.21 bits per heavy atom. The minimum atomic E-state index is -0.143. The Hall–Kier alpha value is -5.86. The summed E-state index contributed by atoms with van der Waals surface area (Å²) in [7, 11) is 0. The van der Waals surface area contributed by atoms with Crippen LogP contribution in [0.4, 0.5) is 0 Å². The van der Waals surface area contributed by atoms with Crippen LogP contribution in [0.15, 0.2) is 144 Å². The third kappa shape index (κ3) is 3.15. The highest BCUT2D eigenvalue weighted by molar-refractivity contribution is 6.25. The second-order valence-corrected chi connectivity index (χ2v) is 13.7. The molecule has 11 rings (SSSR count). The number of hydrogen-bond acceptors (Lipinski definition) is 1. The van der Waals surface area contributed by atoms with E-state index in [0.29, 0.717) is 0 Å². The van der Waals surface area contributed by atoms with Crippen LogP contribution in [-0.2, 0) is 5.41 Å². The van der Waals surface area contributed by atoms with E-state index in [4.69, 9.17) is 4.42 Å². The fourth-order valence-corrected chi connectivity index (χ4v) is 8.89. The van der Waals surface area contributed by atoms with Gasteiger partial charge in [0, 0.05) is 21.8 Å². The molecule has 8 aromatic carbocycles. The van der Waals surface area contributed by atoms with Crippen molar-refractivity contribution in [1.29, 1.82) is 0 Å². The maximum atomic E-state index is 6.42. The number of fused-ring (bicyclic) bond motifs is 8. The fraction of sp³-hybridized carbons (Fsp3) is 0.0667. The zero-order chi connectivity index (χ0) is 31.0. The van der Waals surface area contributed by atoms with Crippen LogP contribution in [0.1, 0.15) is 25.0 Å². The molecule has 2 heteroatoms. The molecule has 0 spiro atoms. The third-order valence-corrected chi connectivity index (χ3v) is 10.9. The summed E-state index contributed by atoms with van der Waals surface area (Å²) >= 11 is 0. The highest BCUT2D eigenvalue weighted by Crippen LogP contribution is 2.55. The lowest BCUT2D eigenvalue weighted by Crippen LogP contribution is -2.14. The molecule has 2 aromatic heterocycles. The van der Waals surface area contributed by atoms with Crippen molar-refractivity contribution in [1.82, 2.24) is 4.57 Å². The summed E-state index contributed by atoms with van der Waals surface area (Å²) in [4.78, 5) is 0. The molecule has 0 saturated carbocycles. The van der Waals surface area contributed by atoms with Gasteiger partial charge in [0.05, 0.1) is 22.3 Å². The molecule has 10 aromatic rings. The topological polar surface area (TPSA) is 18.1 Å². The van der Waals surface area contributed by atoms with Crippen molar-refractivity contribution in [3.05, 3.63) is 151 Å². The normalized spacial score (nSPS) is 13.9. The molecule has 220 valence electrons. The van der Waals surface area contributed by atoms with Gasteiger partial charge in [0.15, 0.2) is 0 Å². The lowest BCUT2D eigenvalue weighted by molar-refractivity contribution is 0.666. The second kappa shape index (κ2) is 8.69. The van der Waals surface area contributed by atoms with E-state index in [9.17, 15) is 0 Å². The quantitative estimate of drug-likeness (QED) is 0.181. The van der Waals surface area contributed by atoms with Gasteiger partial charge in [-0.2, -0.15) is 0 Å². The first-order valence-electron chi connectivity index (χ1n) is 16.4. The highest BCUT2D eigenvalue weighted by atomic mass is 16.3. The van der Waals surface area contributed by atoms with Crippen LogP contribution in [0.2, 0.25) is 0 Å². The van der Waals surface area contributed by atoms with Crippen LogP contribution in [0.5, 0.6) is 0 Å². The molecule has 2 nitrogen and oxygen atoms in total. The molecule has 1 aliphatic carbocycles. The first-order valence-corrected chi connectivity index (χ1v) is 16.4. The van der Waals surface area contributed by atoms with E-state index in [2.05, 4.69) is 158 Å². The zero-order valence-electron chi connectivity index (χ0n) is 26.1. The molecule has 0 N–H and O–H groups in total. The van der Waals surface area contributed by atoms with Gasteiger partial charge in [0.2, 0.25) is 0 Å². The number of rotatable bonds is 2. The molecule has 0 bridgehead atoms. The molecule has 0 amide bonds. The average molecular weight is 600 g/mol. The SMILES string of the molecule is CC1(C)c2ccccc2-c2c1c1ccc(-c3ccc4ccc5cccc6ccc3c4c56)cc1n2-c1cccc2oc3ccccc3c12. The van der Waals surface area contributed by atoms with Crippen molar-refractivity contribution in [3.8, 4) is 28.1 Å². The van der Waals surface area contributed by atoms with Crippen LogP contribution < -0.4 is 0 Å². The Balaban J connectivity index is 1.28. The van der Waals surface area contributed by atoms with Gasteiger partial charge in [0.1, 0.15) is 11.2 Å². The Kier molecular flexibility index (Phi) is 4.68. The molecule has 0 unspecified atom stereocenters. The molecule has 0 atom stereocenters. The summed E-state index contributed by atoms with van der Waals surface area (Å²) in [5, 5.41) is 11.5. The van der Waals surface area contributed by atoms with E-state index in [1.54, 1.807) is 0 Å². The Morgan fingerprint density at radius 1 is 0.511 bits per heavy atom. The molecular formula is C45H29NO. The number of nitrogens with zero attached hydrogens (tertiary/aromatic N) is 1. The first kappa shape index (κ1) is 25.3. The van der Waals surface area contributed by atoms with Crippen LogP contribution in [0.25, 0.3) is 93.2 Å². The van der Waals surface area contributed by atoms with E-state index in [1.807, 2.05) is 0 Å².